The van der Waals surface area contributed by atoms with Gasteiger partial charge in [-0.25, -0.2) is 0 Å². The van der Waals surface area contributed by atoms with Crippen molar-refractivity contribution in [3.05, 3.63) is 29.8 Å². The zero-order valence-corrected chi connectivity index (χ0v) is 12.4. The SMILES string of the molecule is CCCC1CC(NCc2ccccc2OC(F)F)CCO1. The molecule has 0 aliphatic carbocycles. The van der Waals surface area contributed by atoms with E-state index in [0.717, 1.165) is 37.9 Å². The highest BCUT2D eigenvalue weighted by molar-refractivity contribution is 5.33. The number of ether oxygens (including phenoxy) is 2. The van der Waals surface area contributed by atoms with Gasteiger partial charge in [0.25, 0.3) is 0 Å². The van der Waals surface area contributed by atoms with Crippen LogP contribution in [0.25, 0.3) is 0 Å². The average Bonchev–Trinajstić information content (AvgIpc) is 2.47. The Morgan fingerprint density at radius 1 is 1.38 bits per heavy atom. The second kappa shape index (κ2) is 8.29. The van der Waals surface area contributed by atoms with E-state index in [0.29, 0.717) is 18.7 Å². The van der Waals surface area contributed by atoms with E-state index in [-0.39, 0.29) is 5.75 Å². The van der Waals surface area contributed by atoms with Gasteiger partial charge in [0.05, 0.1) is 6.10 Å². The molecule has 1 aliphatic heterocycles. The van der Waals surface area contributed by atoms with Gasteiger partial charge < -0.3 is 14.8 Å². The second-order valence-corrected chi connectivity index (χ2v) is 5.37. The average molecular weight is 299 g/mol. The number of hydrogen-bond donors (Lipinski definition) is 1. The van der Waals surface area contributed by atoms with E-state index in [4.69, 9.17) is 4.74 Å². The molecule has 2 atom stereocenters. The van der Waals surface area contributed by atoms with Crippen LogP contribution in [0.2, 0.25) is 0 Å². The lowest BCUT2D eigenvalue weighted by Gasteiger charge is -2.30. The number of halogens is 2. The van der Waals surface area contributed by atoms with Gasteiger partial charge in [0.15, 0.2) is 0 Å². The quantitative estimate of drug-likeness (QED) is 0.832. The van der Waals surface area contributed by atoms with Crippen LogP contribution in [0.1, 0.15) is 38.2 Å². The summed E-state index contributed by atoms with van der Waals surface area (Å²) < 4.78 is 35.0. The van der Waals surface area contributed by atoms with Crippen molar-refractivity contribution in [3.63, 3.8) is 0 Å². The summed E-state index contributed by atoms with van der Waals surface area (Å²) in [5.41, 5.74) is 0.760. The van der Waals surface area contributed by atoms with E-state index in [2.05, 4.69) is 17.0 Å². The normalized spacial score (nSPS) is 22.5. The lowest BCUT2D eigenvalue weighted by molar-refractivity contribution is -0.0505. The van der Waals surface area contributed by atoms with Gasteiger partial charge in [-0.1, -0.05) is 31.5 Å². The molecule has 1 aromatic carbocycles. The molecule has 0 bridgehead atoms. The standard InChI is InChI=1S/C16H23F2NO2/c1-2-5-14-10-13(8-9-20-14)19-11-12-6-3-4-7-15(12)21-16(17)18/h3-4,6-7,13-14,16,19H,2,5,8-11H2,1H3. The smallest absolute Gasteiger partial charge is 0.387 e. The number of para-hydroxylation sites is 1. The van der Waals surface area contributed by atoms with Gasteiger partial charge in [-0.15, -0.1) is 0 Å². The lowest BCUT2D eigenvalue weighted by atomic mass is 10.00. The first-order valence-corrected chi connectivity index (χ1v) is 7.56. The van der Waals surface area contributed by atoms with E-state index in [9.17, 15) is 8.78 Å². The molecule has 1 aliphatic rings. The van der Waals surface area contributed by atoms with Crippen LogP contribution < -0.4 is 10.1 Å². The maximum Gasteiger partial charge on any atom is 0.387 e. The summed E-state index contributed by atoms with van der Waals surface area (Å²) in [5, 5.41) is 3.44. The van der Waals surface area contributed by atoms with Gasteiger partial charge in [-0.3, -0.25) is 0 Å². The Morgan fingerprint density at radius 2 is 2.19 bits per heavy atom. The molecule has 2 rings (SSSR count). The third kappa shape index (κ3) is 5.25. The molecule has 0 spiro atoms. The highest BCUT2D eigenvalue weighted by Gasteiger charge is 2.21. The molecule has 1 aromatic rings. The van der Waals surface area contributed by atoms with Crippen LogP contribution in [-0.2, 0) is 11.3 Å². The van der Waals surface area contributed by atoms with E-state index < -0.39 is 6.61 Å². The first-order valence-electron chi connectivity index (χ1n) is 7.56. The maximum atomic E-state index is 12.4. The van der Waals surface area contributed by atoms with Crippen molar-refractivity contribution in [2.45, 2.75) is 57.9 Å². The Balaban J connectivity index is 1.87. The van der Waals surface area contributed by atoms with Crippen LogP contribution in [0.3, 0.4) is 0 Å². The fourth-order valence-electron chi connectivity index (χ4n) is 2.70. The molecular formula is C16H23F2NO2. The molecular weight excluding hydrogens is 276 g/mol. The van der Waals surface area contributed by atoms with Crippen LogP contribution in [0.5, 0.6) is 5.75 Å². The molecule has 21 heavy (non-hydrogen) atoms. The van der Waals surface area contributed by atoms with Crippen LogP contribution in [-0.4, -0.2) is 25.4 Å². The summed E-state index contributed by atoms with van der Waals surface area (Å²) in [6.45, 7) is 0.658. The van der Waals surface area contributed by atoms with Crippen molar-refractivity contribution in [3.8, 4) is 5.75 Å². The molecule has 118 valence electrons. The Labute approximate surface area is 124 Å². The van der Waals surface area contributed by atoms with Crippen molar-refractivity contribution in [1.29, 1.82) is 0 Å². The Kier molecular flexibility index (Phi) is 6.39. The largest absolute Gasteiger partial charge is 0.434 e. The van der Waals surface area contributed by atoms with E-state index in [1.165, 1.54) is 0 Å². The fraction of sp³-hybridized carbons (Fsp3) is 0.625. The third-order valence-corrected chi connectivity index (χ3v) is 3.75. The minimum atomic E-state index is -2.79. The molecule has 2 unspecified atom stereocenters. The molecule has 1 N–H and O–H groups in total. The van der Waals surface area contributed by atoms with Gasteiger partial charge in [0, 0.05) is 24.8 Å². The van der Waals surface area contributed by atoms with Crippen LogP contribution in [0.4, 0.5) is 8.78 Å². The minimum Gasteiger partial charge on any atom is -0.434 e. The van der Waals surface area contributed by atoms with Crippen LogP contribution >= 0.6 is 0 Å². The Hall–Kier alpha value is -1.20. The third-order valence-electron chi connectivity index (χ3n) is 3.75. The summed E-state index contributed by atoms with van der Waals surface area (Å²) in [5.74, 6) is 0.247. The molecule has 3 nitrogen and oxygen atoms in total. The summed E-state index contributed by atoms with van der Waals surface area (Å²) in [4.78, 5) is 0. The zero-order valence-electron chi connectivity index (χ0n) is 12.4. The minimum absolute atomic E-state index is 0.247. The van der Waals surface area contributed by atoms with E-state index >= 15 is 0 Å². The highest BCUT2D eigenvalue weighted by atomic mass is 19.3. The van der Waals surface area contributed by atoms with Crippen LogP contribution in [0.15, 0.2) is 24.3 Å². The van der Waals surface area contributed by atoms with Crippen molar-refractivity contribution in [2.24, 2.45) is 0 Å². The summed E-state index contributed by atoms with van der Waals surface area (Å²) in [7, 11) is 0. The molecule has 1 saturated heterocycles. The van der Waals surface area contributed by atoms with Crippen molar-refractivity contribution in [2.75, 3.05) is 6.61 Å². The predicted molar refractivity (Wildman–Crippen MR) is 77.6 cm³/mol. The molecule has 1 fully saturated rings. The topological polar surface area (TPSA) is 30.5 Å². The number of rotatable bonds is 7. The zero-order chi connectivity index (χ0) is 15.1. The molecule has 0 amide bonds. The van der Waals surface area contributed by atoms with E-state index in [1.807, 2.05) is 12.1 Å². The summed E-state index contributed by atoms with van der Waals surface area (Å²) in [6, 6.07) is 7.29. The van der Waals surface area contributed by atoms with Crippen molar-refractivity contribution >= 4 is 0 Å². The molecule has 1 heterocycles. The first-order chi connectivity index (χ1) is 10.2. The predicted octanol–water partition coefficient (Wildman–Crippen LogP) is 3.73. The highest BCUT2D eigenvalue weighted by Crippen LogP contribution is 2.22. The Morgan fingerprint density at radius 3 is 2.95 bits per heavy atom. The second-order valence-electron chi connectivity index (χ2n) is 5.37. The fourth-order valence-corrected chi connectivity index (χ4v) is 2.70. The molecule has 0 radical (unpaired) electrons. The summed E-state index contributed by atoms with van der Waals surface area (Å²) >= 11 is 0. The maximum absolute atomic E-state index is 12.4. The van der Waals surface area contributed by atoms with Gasteiger partial charge in [-0.05, 0) is 25.3 Å². The van der Waals surface area contributed by atoms with E-state index in [1.54, 1.807) is 12.1 Å². The molecule has 5 heteroatoms. The van der Waals surface area contributed by atoms with Gasteiger partial charge in [0.2, 0.25) is 0 Å². The number of alkyl halides is 2. The number of nitrogens with one attached hydrogen (secondary N) is 1. The van der Waals surface area contributed by atoms with Gasteiger partial charge >= 0.3 is 6.61 Å². The van der Waals surface area contributed by atoms with Crippen molar-refractivity contribution < 1.29 is 18.3 Å². The molecule has 0 aromatic heterocycles. The number of hydrogen-bond acceptors (Lipinski definition) is 3. The lowest BCUT2D eigenvalue weighted by Crippen LogP contribution is -2.38. The van der Waals surface area contributed by atoms with Crippen molar-refractivity contribution in [1.82, 2.24) is 5.32 Å². The summed E-state index contributed by atoms with van der Waals surface area (Å²) in [6.07, 6.45) is 4.43. The molecule has 0 saturated carbocycles. The van der Waals surface area contributed by atoms with Crippen LogP contribution in [0, 0.1) is 0 Å². The first kappa shape index (κ1) is 16.2. The number of benzene rings is 1. The monoisotopic (exact) mass is 299 g/mol. The van der Waals surface area contributed by atoms with Gasteiger partial charge in [-0.2, -0.15) is 8.78 Å². The van der Waals surface area contributed by atoms with Gasteiger partial charge in [0.1, 0.15) is 5.75 Å². The Bertz CT molecular complexity index is 426.